The summed E-state index contributed by atoms with van der Waals surface area (Å²) < 4.78 is 7.95. The molecule has 24 heavy (non-hydrogen) atoms. The number of hydrogen-bond acceptors (Lipinski definition) is 4. The van der Waals surface area contributed by atoms with E-state index < -0.39 is 0 Å². The van der Waals surface area contributed by atoms with E-state index in [-0.39, 0.29) is 11.9 Å². The number of ether oxygens (including phenoxy) is 1. The number of hydrogen-bond donors (Lipinski definition) is 1. The van der Waals surface area contributed by atoms with E-state index in [1.165, 1.54) is 0 Å². The first-order valence-electron chi connectivity index (χ1n) is 8.12. The number of nitrogens with zero attached hydrogens (tertiary/aromatic N) is 2. The third-order valence-electron chi connectivity index (χ3n) is 4.60. The van der Waals surface area contributed by atoms with Gasteiger partial charge in [0.25, 0.3) is 5.91 Å². The largest absolute Gasteiger partial charge is 0.380 e. The molecule has 1 amide bonds. The van der Waals surface area contributed by atoms with Crippen LogP contribution in [0.2, 0.25) is 0 Å². The van der Waals surface area contributed by atoms with Gasteiger partial charge in [-0.05, 0) is 30.8 Å². The van der Waals surface area contributed by atoms with Gasteiger partial charge in [-0.25, -0.2) is 0 Å². The molecule has 0 aliphatic carbocycles. The molecule has 0 bridgehead atoms. The van der Waals surface area contributed by atoms with E-state index in [9.17, 15) is 4.79 Å². The Labute approximate surface area is 150 Å². The Morgan fingerprint density at radius 2 is 2.17 bits per heavy atom. The second-order valence-corrected chi connectivity index (χ2v) is 7.72. The lowest BCUT2D eigenvalue weighted by molar-refractivity contribution is 0.0314. The molecule has 2 unspecified atom stereocenters. The zero-order valence-corrected chi connectivity index (χ0v) is 14.8. The van der Waals surface area contributed by atoms with Gasteiger partial charge < -0.3 is 14.6 Å². The van der Waals surface area contributed by atoms with E-state index in [0.29, 0.717) is 15.7 Å². The molecular formula is C17H19N3O2S2. The number of nitrogens with one attached hydrogen (secondary N) is 1. The van der Waals surface area contributed by atoms with Crippen LogP contribution in [0.1, 0.15) is 16.9 Å². The number of amides is 1. The molecule has 7 heteroatoms. The Kier molecular flexibility index (Phi) is 4.47. The van der Waals surface area contributed by atoms with Gasteiger partial charge in [0, 0.05) is 42.1 Å². The maximum absolute atomic E-state index is 13.3. The molecule has 0 spiro atoms. The number of benzene rings is 1. The minimum absolute atomic E-state index is 0.0448. The van der Waals surface area contributed by atoms with Gasteiger partial charge in [-0.3, -0.25) is 9.36 Å². The van der Waals surface area contributed by atoms with Crippen LogP contribution in [0, 0.1) is 4.77 Å². The van der Waals surface area contributed by atoms with E-state index in [4.69, 9.17) is 17.0 Å². The number of rotatable bonds is 2. The summed E-state index contributed by atoms with van der Waals surface area (Å²) in [6.45, 7) is 2.23. The Bertz CT molecular complexity index is 785. The quantitative estimate of drug-likeness (QED) is 0.836. The van der Waals surface area contributed by atoms with E-state index >= 15 is 0 Å². The Morgan fingerprint density at radius 1 is 1.33 bits per heavy atom. The number of imidazole rings is 1. The standard InChI is InChI=1S/C17H19N3O2S2/c21-16(19-7-9-24-15-11-22-8-6-13(15)19)14-10-18-17(23)20(14)12-4-2-1-3-5-12/h1-5,10,13,15H,6-9,11H2,(H,18,23). The Morgan fingerprint density at radius 3 is 3.00 bits per heavy atom. The molecule has 4 rings (SSSR count). The number of fused-ring (bicyclic) bond motifs is 1. The third-order valence-corrected chi connectivity index (χ3v) is 6.20. The number of aromatic nitrogens is 2. The van der Waals surface area contributed by atoms with Crippen molar-refractivity contribution in [3.05, 3.63) is 47.0 Å². The molecule has 126 valence electrons. The number of para-hydroxylation sites is 1. The van der Waals surface area contributed by atoms with E-state index in [0.717, 1.165) is 37.6 Å². The lowest BCUT2D eigenvalue weighted by Gasteiger charge is -2.43. The zero-order chi connectivity index (χ0) is 16.5. The second kappa shape index (κ2) is 6.74. The molecule has 5 nitrogen and oxygen atoms in total. The highest BCUT2D eigenvalue weighted by Crippen LogP contribution is 2.31. The molecule has 2 aliphatic heterocycles. The maximum atomic E-state index is 13.3. The summed E-state index contributed by atoms with van der Waals surface area (Å²) in [6, 6.07) is 10.0. The molecule has 0 radical (unpaired) electrons. The van der Waals surface area contributed by atoms with Crippen molar-refractivity contribution < 1.29 is 9.53 Å². The average Bonchev–Trinajstić information content (AvgIpc) is 3.03. The number of carbonyl (C=O) groups is 1. The molecule has 0 saturated carbocycles. The third kappa shape index (κ3) is 2.81. The maximum Gasteiger partial charge on any atom is 0.272 e. The van der Waals surface area contributed by atoms with Crippen molar-refractivity contribution in [2.75, 3.05) is 25.5 Å². The summed E-state index contributed by atoms with van der Waals surface area (Å²) in [5.41, 5.74) is 1.50. The molecule has 1 aromatic carbocycles. The molecule has 3 heterocycles. The van der Waals surface area contributed by atoms with Crippen LogP contribution < -0.4 is 0 Å². The predicted molar refractivity (Wildman–Crippen MR) is 97.5 cm³/mol. The summed E-state index contributed by atoms with van der Waals surface area (Å²) in [4.78, 5) is 18.3. The minimum atomic E-state index is 0.0448. The number of thioether (sulfide) groups is 1. The molecule has 2 atom stereocenters. The van der Waals surface area contributed by atoms with E-state index in [2.05, 4.69) is 4.98 Å². The van der Waals surface area contributed by atoms with Crippen molar-refractivity contribution in [3.8, 4) is 5.69 Å². The van der Waals surface area contributed by atoms with Crippen molar-refractivity contribution in [2.24, 2.45) is 0 Å². The second-order valence-electron chi connectivity index (χ2n) is 5.99. The fourth-order valence-electron chi connectivity index (χ4n) is 3.44. The lowest BCUT2D eigenvalue weighted by Crippen LogP contribution is -2.54. The highest BCUT2D eigenvalue weighted by Gasteiger charge is 2.38. The lowest BCUT2D eigenvalue weighted by atomic mass is 10.1. The first-order valence-corrected chi connectivity index (χ1v) is 9.57. The molecular weight excluding hydrogens is 342 g/mol. The van der Waals surface area contributed by atoms with Crippen LogP contribution in [-0.2, 0) is 4.74 Å². The van der Waals surface area contributed by atoms with Gasteiger partial charge in [-0.1, -0.05) is 18.2 Å². The van der Waals surface area contributed by atoms with Crippen LogP contribution in [0.15, 0.2) is 36.5 Å². The fraction of sp³-hybridized carbons (Fsp3) is 0.412. The molecule has 1 N–H and O–H groups in total. The molecule has 2 saturated heterocycles. The minimum Gasteiger partial charge on any atom is -0.380 e. The topological polar surface area (TPSA) is 50.3 Å². The van der Waals surface area contributed by atoms with Gasteiger partial charge in [0.05, 0.1) is 6.61 Å². The summed E-state index contributed by atoms with van der Waals surface area (Å²) in [5, 5.41) is 0.378. The number of H-pyrrole nitrogens is 1. The molecule has 2 fully saturated rings. The van der Waals surface area contributed by atoms with Gasteiger partial charge in [0.2, 0.25) is 0 Å². The van der Waals surface area contributed by atoms with Crippen LogP contribution >= 0.6 is 24.0 Å². The van der Waals surface area contributed by atoms with Gasteiger partial charge in [-0.15, -0.1) is 0 Å². The monoisotopic (exact) mass is 361 g/mol. The van der Waals surface area contributed by atoms with Crippen molar-refractivity contribution in [1.82, 2.24) is 14.5 Å². The predicted octanol–water partition coefficient (Wildman–Crippen LogP) is 2.88. The first kappa shape index (κ1) is 15.9. The van der Waals surface area contributed by atoms with Crippen LogP contribution in [-0.4, -0.2) is 57.2 Å². The van der Waals surface area contributed by atoms with Crippen molar-refractivity contribution in [3.63, 3.8) is 0 Å². The first-order chi connectivity index (χ1) is 11.8. The average molecular weight is 361 g/mol. The molecule has 2 aliphatic rings. The number of carbonyl (C=O) groups excluding carboxylic acids is 1. The Hall–Kier alpha value is -1.57. The van der Waals surface area contributed by atoms with Crippen molar-refractivity contribution in [1.29, 1.82) is 0 Å². The normalized spacial score (nSPS) is 23.8. The van der Waals surface area contributed by atoms with Gasteiger partial charge in [0.1, 0.15) is 5.69 Å². The van der Waals surface area contributed by atoms with Crippen molar-refractivity contribution in [2.45, 2.75) is 17.7 Å². The van der Waals surface area contributed by atoms with Crippen LogP contribution in [0.3, 0.4) is 0 Å². The summed E-state index contributed by atoms with van der Waals surface area (Å²) in [6.07, 6.45) is 2.63. The summed E-state index contributed by atoms with van der Waals surface area (Å²) in [5.74, 6) is 0.996. The SMILES string of the molecule is O=C(c1c[nH]c(=S)n1-c1ccccc1)N1CCSC2COCCC21. The van der Waals surface area contributed by atoms with Gasteiger partial charge >= 0.3 is 0 Å². The van der Waals surface area contributed by atoms with Gasteiger partial charge in [0.15, 0.2) is 4.77 Å². The Balaban J connectivity index is 1.69. The van der Waals surface area contributed by atoms with Crippen LogP contribution in [0.4, 0.5) is 0 Å². The highest BCUT2D eigenvalue weighted by atomic mass is 32.2. The van der Waals surface area contributed by atoms with E-state index in [1.54, 1.807) is 6.20 Å². The molecule has 2 aromatic rings. The van der Waals surface area contributed by atoms with E-state index in [1.807, 2.05) is 51.6 Å². The molecule has 1 aromatic heterocycles. The van der Waals surface area contributed by atoms with Crippen LogP contribution in [0.5, 0.6) is 0 Å². The highest BCUT2D eigenvalue weighted by molar-refractivity contribution is 8.00. The smallest absolute Gasteiger partial charge is 0.272 e. The fourth-order valence-corrected chi connectivity index (χ4v) is 5.01. The van der Waals surface area contributed by atoms with Crippen LogP contribution in [0.25, 0.3) is 5.69 Å². The van der Waals surface area contributed by atoms with Crippen molar-refractivity contribution >= 4 is 29.9 Å². The van der Waals surface area contributed by atoms with Gasteiger partial charge in [-0.2, -0.15) is 11.8 Å². The summed E-state index contributed by atoms with van der Waals surface area (Å²) in [7, 11) is 0. The summed E-state index contributed by atoms with van der Waals surface area (Å²) >= 11 is 7.32. The zero-order valence-electron chi connectivity index (χ0n) is 13.2. The number of aromatic amines is 1.